The molecule has 0 radical (unpaired) electrons. The average Bonchev–Trinajstić information content (AvgIpc) is 3.17. The van der Waals surface area contributed by atoms with Gasteiger partial charge in [-0.1, -0.05) is 24.3 Å². The Morgan fingerprint density at radius 2 is 2.00 bits per heavy atom. The van der Waals surface area contributed by atoms with Gasteiger partial charge in [0.2, 0.25) is 0 Å². The molecule has 0 aliphatic heterocycles. The van der Waals surface area contributed by atoms with Crippen LogP contribution in [0.25, 0.3) is 10.9 Å². The lowest BCUT2D eigenvalue weighted by Gasteiger charge is -2.13. The monoisotopic (exact) mass is 434 g/mol. The number of ether oxygens (including phenoxy) is 1. The number of pyridine rings is 1. The van der Waals surface area contributed by atoms with E-state index in [2.05, 4.69) is 20.8 Å². The van der Waals surface area contributed by atoms with Gasteiger partial charge < -0.3 is 14.5 Å². The molecular weight excluding hydrogens is 408 g/mol. The zero-order valence-corrected chi connectivity index (χ0v) is 18.2. The number of fused-ring (bicyclic) bond motifs is 2. The highest BCUT2D eigenvalue weighted by Crippen LogP contribution is 2.29. The van der Waals surface area contributed by atoms with Crippen LogP contribution in [0.3, 0.4) is 0 Å². The molecule has 8 nitrogen and oxygen atoms in total. The minimum atomic E-state index is -0.382. The number of benzene rings is 1. The fourth-order valence-corrected chi connectivity index (χ4v) is 3.86. The molecule has 2 amide bonds. The Morgan fingerprint density at radius 1 is 1.16 bits per heavy atom. The fraction of sp³-hybridized carbons (Fsp3) is 0.333. The van der Waals surface area contributed by atoms with Crippen LogP contribution in [-0.4, -0.2) is 42.8 Å². The number of aromatic nitrogens is 1. The largest absolute Gasteiger partial charge is 0.455 e. The molecule has 1 aliphatic carbocycles. The summed E-state index contributed by atoms with van der Waals surface area (Å²) in [5.74, 6) is 0.390. The van der Waals surface area contributed by atoms with Gasteiger partial charge in [0.15, 0.2) is 5.76 Å². The molecule has 2 heterocycles. The van der Waals surface area contributed by atoms with Crippen molar-refractivity contribution in [1.82, 2.24) is 15.7 Å². The van der Waals surface area contributed by atoms with Gasteiger partial charge in [-0.25, -0.2) is 10.4 Å². The molecule has 8 heteroatoms. The summed E-state index contributed by atoms with van der Waals surface area (Å²) in [6.45, 7) is 2.93. The van der Waals surface area contributed by atoms with Crippen LogP contribution in [0, 0.1) is 6.92 Å². The molecule has 0 bridgehead atoms. The lowest BCUT2D eigenvalue weighted by molar-refractivity contribution is 0.0916. The Labute approximate surface area is 186 Å². The molecule has 166 valence electrons. The number of hydrogen-bond acceptors (Lipinski definition) is 6. The van der Waals surface area contributed by atoms with E-state index in [0.717, 1.165) is 47.1 Å². The highest BCUT2D eigenvalue weighted by molar-refractivity contribution is 6.07. The number of carbonyl (C=O) groups excluding carboxylic acids is 2. The van der Waals surface area contributed by atoms with E-state index in [1.54, 1.807) is 13.2 Å². The Balaban J connectivity index is 1.51. The zero-order valence-electron chi connectivity index (χ0n) is 18.2. The highest BCUT2D eigenvalue weighted by Gasteiger charge is 2.28. The van der Waals surface area contributed by atoms with Crippen molar-refractivity contribution in [2.24, 2.45) is 5.10 Å². The van der Waals surface area contributed by atoms with Crippen LogP contribution >= 0.6 is 0 Å². The van der Waals surface area contributed by atoms with Crippen molar-refractivity contribution in [3.05, 3.63) is 64.7 Å². The second-order valence-corrected chi connectivity index (χ2v) is 7.70. The Kier molecular flexibility index (Phi) is 6.61. The number of methoxy groups -OCH3 is 1. The number of aryl methyl sites for hydroxylation is 1. The first-order valence-electron chi connectivity index (χ1n) is 10.7. The van der Waals surface area contributed by atoms with Crippen molar-refractivity contribution in [1.29, 1.82) is 0 Å². The van der Waals surface area contributed by atoms with E-state index in [4.69, 9.17) is 9.15 Å². The minimum absolute atomic E-state index is 0.253. The maximum Gasteiger partial charge on any atom is 0.289 e. The SMILES string of the molecule is COCCCNC(=O)c1oc2c(c1C)/C(=N/NC(=O)c1ccc3ccccc3n1)CCC2. The number of nitrogens with zero attached hydrogens (tertiary/aromatic N) is 2. The van der Waals surface area contributed by atoms with E-state index in [9.17, 15) is 9.59 Å². The topological polar surface area (TPSA) is 106 Å². The van der Waals surface area contributed by atoms with Crippen LogP contribution in [0.2, 0.25) is 0 Å². The number of hydrazone groups is 1. The van der Waals surface area contributed by atoms with Gasteiger partial charge in [0.05, 0.1) is 11.2 Å². The standard InChI is InChI=1S/C24H26N4O4/c1-15-21-18(9-5-10-20(21)32-22(15)24(30)25-13-6-14-31-2)27-28-23(29)19-12-11-16-7-3-4-8-17(16)26-19/h3-4,7-8,11-12H,5-6,9-10,13-14H2,1-2H3,(H,25,30)(H,28,29)/b27-18+. The van der Waals surface area contributed by atoms with Crippen LogP contribution in [0.15, 0.2) is 45.9 Å². The van der Waals surface area contributed by atoms with Crippen molar-refractivity contribution in [3.8, 4) is 0 Å². The minimum Gasteiger partial charge on any atom is -0.455 e. The summed E-state index contributed by atoms with van der Waals surface area (Å²) in [5, 5.41) is 8.19. The number of furan rings is 1. The van der Waals surface area contributed by atoms with Crippen molar-refractivity contribution < 1.29 is 18.7 Å². The quantitative estimate of drug-likeness (QED) is 0.438. The molecule has 3 aromatic rings. The second-order valence-electron chi connectivity index (χ2n) is 7.70. The third-order valence-electron chi connectivity index (χ3n) is 5.47. The van der Waals surface area contributed by atoms with Crippen LogP contribution in [0.4, 0.5) is 0 Å². The molecule has 0 unspecified atom stereocenters. The van der Waals surface area contributed by atoms with Crippen LogP contribution in [0.1, 0.15) is 57.2 Å². The normalized spacial score (nSPS) is 14.4. The molecule has 0 spiro atoms. The predicted molar refractivity (Wildman–Crippen MR) is 121 cm³/mol. The van der Waals surface area contributed by atoms with Gasteiger partial charge in [-0.05, 0) is 38.3 Å². The fourth-order valence-electron chi connectivity index (χ4n) is 3.86. The number of hydrogen-bond donors (Lipinski definition) is 2. The van der Waals surface area contributed by atoms with Crippen molar-refractivity contribution >= 4 is 28.4 Å². The van der Waals surface area contributed by atoms with E-state index >= 15 is 0 Å². The third kappa shape index (κ3) is 4.55. The summed E-state index contributed by atoms with van der Waals surface area (Å²) in [6, 6.07) is 11.2. The summed E-state index contributed by atoms with van der Waals surface area (Å²) in [7, 11) is 1.63. The molecule has 0 saturated carbocycles. The molecule has 0 saturated heterocycles. The highest BCUT2D eigenvalue weighted by atomic mass is 16.5. The number of carbonyl (C=O) groups is 2. The Hall–Kier alpha value is -3.52. The summed E-state index contributed by atoms with van der Waals surface area (Å²) >= 11 is 0. The Morgan fingerprint density at radius 3 is 2.84 bits per heavy atom. The summed E-state index contributed by atoms with van der Waals surface area (Å²) < 4.78 is 10.9. The van der Waals surface area contributed by atoms with Crippen molar-refractivity contribution in [2.75, 3.05) is 20.3 Å². The van der Waals surface area contributed by atoms with E-state index < -0.39 is 0 Å². The molecule has 0 fully saturated rings. The maximum absolute atomic E-state index is 12.6. The van der Waals surface area contributed by atoms with Gasteiger partial charge in [0.25, 0.3) is 11.8 Å². The van der Waals surface area contributed by atoms with E-state index in [1.165, 1.54) is 0 Å². The van der Waals surface area contributed by atoms with Crippen molar-refractivity contribution in [3.63, 3.8) is 0 Å². The maximum atomic E-state index is 12.6. The van der Waals surface area contributed by atoms with Crippen molar-refractivity contribution in [2.45, 2.75) is 32.6 Å². The third-order valence-corrected chi connectivity index (χ3v) is 5.47. The molecular formula is C24H26N4O4. The van der Waals surface area contributed by atoms with E-state index in [0.29, 0.717) is 36.7 Å². The molecule has 0 atom stereocenters. The van der Waals surface area contributed by atoms with Gasteiger partial charge in [-0.15, -0.1) is 0 Å². The summed E-state index contributed by atoms with van der Waals surface area (Å²) in [4.78, 5) is 29.6. The van der Waals surface area contributed by atoms with Crippen LogP contribution < -0.4 is 10.7 Å². The Bertz CT molecular complexity index is 1180. The average molecular weight is 434 g/mol. The first-order chi connectivity index (χ1) is 15.6. The number of rotatable bonds is 7. The molecule has 32 heavy (non-hydrogen) atoms. The molecule has 2 aromatic heterocycles. The second kappa shape index (κ2) is 9.74. The van der Waals surface area contributed by atoms with E-state index in [1.807, 2.05) is 37.3 Å². The number of nitrogens with one attached hydrogen (secondary N) is 2. The number of amides is 2. The molecule has 4 rings (SSSR count). The van der Waals surface area contributed by atoms with Gasteiger partial charge >= 0.3 is 0 Å². The zero-order chi connectivity index (χ0) is 22.5. The summed E-state index contributed by atoms with van der Waals surface area (Å²) in [6.07, 6.45) is 2.97. The van der Waals surface area contributed by atoms with Crippen LogP contribution in [0.5, 0.6) is 0 Å². The molecule has 2 N–H and O–H groups in total. The molecule has 1 aromatic carbocycles. The summed E-state index contributed by atoms with van der Waals surface area (Å²) in [5.41, 5.74) is 5.92. The predicted octanol–water partition coefficient (Wildman–Crippen LogP) is 3.37. The van der Waals surface area contributed by atoms with Gasteiger partial charge in [-0.2, -0.15) is 5.10 Å². The van der Waals surface area contributed by atoms with Crippen LogP contribution in [-0.2, 0) is 11.2 Å². The lowest BCUT2D eigenvalue weighted by atomic mass is 9.93. The lowest BCUT2D eigenvalue weighted by Crippen LogP contribution is -2.25. The first-order valence-corrected chi connectivity index (χ1v) is 10.7. The van der Waals surface area contributed by atoms with Gasteiger partial charge in [0.1, 0.15) is 11.5 Å². The first kappa shape index (κ1) is 21.7. The molecule has 1 aliphatic rings. The smallest absolute Gasteiger partial charge is 0.289 e. The van der Waals surface area contributed by atoms with E-state index in [-0.39, 0.29) is 11.8 Å². The number of para-hydroxylation sites is 1. The van der Waals surface area contributed by atoms with Gasteiger partial charge in [0, 0.05) is 43.2 Å². The van der Waals surface area contributed by atoms with Gasteiger partial charge in [-0.3, -0.25) is 9.59 Å².